The molecule has 0 spiro atoms. The van der Waals surface area contributed by atoms with Crippen molar-refractivity contribution in [2.75, 3.05) is 20.3 Å². The summed E-state index contributed by atoms with van der Waals surface area (Å²) >= 11 is 0. The average molecular weight is 262 g/mol. The zero-order chi connectivity index (χ0) is 13.5. The smallest absolute Gasteiger partial charge is 0.0616 e. The van der Waals surface area contributed by atoms with Gasteiger partial charge in [-0.05, 0) is 49.8 Å². The van der Waals surface area contributed by atoms with E-state index in [-0.39, 0.29) is 0 Å². The third-order valence-corrected chi connectivity index (χ3v) is 3.93. The first kappa shape index (κ1) is 14.5. The largest absolute Gasteiger partial charge is 0.383 e. The van der Waals surface area contributed by atoms with Crippen molar-refractivity contribution in [3.8, 4) is 0 Å². The van der Waals surface area contributed by atoms with Crippen LogP contribution in [0.3, 0.4) is 0 Å². The summed E-state index contributed by atoms with van der Waals surface area (Å²) in [5.41, 5.74) is 8.59. The Bertz CT molecular complexity index is 381. The van der Waals surface area contributed by atoms with Gasteiger partial charge in [-0.1, -0.05) is 24.3 Å². The van der Waals surface area contributed by atoms with E-state index in [0.717, 1.165) is 26.0 Å². The molecule has 2 atom stereocenters. The Labute approximate surface area is 116 Å². The molecule has 0 aliphatic heterocycles. The zero-order valence-corrected chi connectivity index (χ0v) is 11.9. The van der Waals surface area contributed by atoms with E-state index in [1.54, 1.807) is 7.11 Å². The zero-order valence-electron chi connectivity index (χ0n) is 11.9. The molecule has 3 N–H and O–H groups in total. The standard InChI is InChI=1S/C16H26N2O/c1-19-12-14(8-5-11-17)18-16-10-4-7-13-6-2-3-9-15(13)16/h2-3,6,9,14,16,18H,4-5,7-8,10-12,17H2,1H3. The summed E-state index contributed by atoms with van der Waals surface area (Å²) in [5, 5.41) is 3.77. The van der Waals surface area contributed by atoms with Gasteiger partial charge in [-0.3, -0.25) is 0 Å². The highest BCUT2D eigenvalue weighted by Gasteiger charge is 2.22. The minimum atomic E-state index is 0.407. The Morgan fingerprint density at radius 1 is 1.42 bits per heavy atom. The molecule has 0 saturated carbocycles. The van der Waals surface area contributed by atoms with Gasteiger partial charge >= 0.3 is 0 Å². The Kier molecular flexibility index (Phi) is 5.83. The monoisotopic (exact) mass is 262 g/mol. The van der Waals surface area contributed by atoms with Gasteiger partial charge in [-0.2, -0.15) is 0 Å². The molecule has 2 unspecified atom stereocenters. The Balaban J connectivity index is 2.01. The van der Waals surface area contributed by atoms with Gasteiger partial charge < -0.3 is 15.8 Å². The van der Waals surface area contributed by atoms with Crippen molar-refractivity contribution in [1.82, 2.24) is 5.32 Å². The number of nitrogens with one attached hydrogen (secondary N) is 1. The van der Waals surface area contributed by atoms with Crippen molar-refractivity contribution in [1.29, 1.82) is 0 Å². The highest BCUT2D eigenvalue weighted by molar-refractivity contribution is 5.32. The van der Waals surface area contributed by atoms with Gasteiger partial charge in [0, 0.05) is 19.2 Å². The van der Waals surface area contributed by atoms with Crippen molar-refractivity contribution >= 4 is 0 Å². The van der Waals surface area contributed by atoms with Crippen molar-refractivity contribution in [2.45, 2.75) is 44.2 Å². The summed E-state index contributed by atoms with van der Waals surface area (Å²) in [6.45, 7) is 1.52. The number of benzene rings is 1. The van der Waals surface area contributed by atoms with Crippen LogP contribution in [-0.2, 0) is 11.2 Å². The van der Waals surface area contributed by atoms with Gasteiger partial charge in [0.2, 0.25) is 0 Å². The molecular formula is C16H26N2O. The Morgan fingerprint density at radius 3 is 3.05 bits per heavy atom. The third kappa shape index (κ3) is 4.03. The molecule has 1 aliphatic rings. The quantitative estimate of drug-likeness (QED) is 0.793. The van der Waals surface area contributed by atoms with Crippen LogP contribution in [0.25, 0.3) is 0 Å². The fourth-order valence-corrected chi connectivity index (χ4v) is 2.99. The second kappa shape index (κ2) is 7.63. The Morgan fingerprint density at radius 2 is 2.26 bits per heavy atom. The molecule has 0 heterocycles. The number of nitrogens with two attached hydrogens (primary N) is 1. The molecule has 0 bridgehead atoms. The fourth-order valence-electron chi connectivity index (χ4n) is 2.99. The van der Waals surface area contributed by atoms with E-state index in [1.165, 1.54) is 30.4 Å². The molecule has 0 amide bonds. The van der Waals surface area contributed by atoms with Gasteiger partial charge in [-0.25, -0.2) is 0 Å². The van der Waals surface area contributed by atoms with Crippen LogP contribution in [0.15, 0.2) is 24.3 Å². The van der Waals surface area contributed by atoms with Gasteiger partial charge in [0.05, 0.1) is 6.61 Å². The predicted octanol–water partition coefficient (Wildman–Crippen LogP) is 2.41. The van der Waals surface area contributed by atoms with Crippen molar-refractivity contribution in [2.24, 2.45) is 5.73 Å². The number of ether oxygens (including phenoxy) is 1. The first-order valence-electron chi connectivity index (χ1n) is 7.38. The van der Waals surface area contributed by atoms with Crippen LogP contribution < -0.4 is 11.1 Å². The molecule has 1 aliphatic carbocycles. The summed E-state index contributed by atoms with van der Waals surface area (Å²) in [5.74, 6) is 0. The summed E-state index contributed by atoms with van der Waals surface area (Å²) < 4.78 is 5.33. The van der Waals surface area contributed by atoms with E-state index in [2.05, 4.69) is 29.6 Å². The van der Waals surface area contributed by atoms with Crippen molar-refractivity contribution in [3.63, 3.8) is 0 Å². The number of fused-ring (bicyclic) bond motifs is 1. The number of methoxy groups -OCH3 is 1. The number of aryl methyl sites for hydroxylation is 1. The first-order chi connectivity index (χ1) is 9.35. The summed E-state index contributed by atoms with van der Waals surface area (Å²) in [6.07, 6.45) is 5.84. The van der Waals surface area contributed by atoms with Crippen LogP contribution in [0.1, 0.15) is 42.9 Å². The number of hydrogen-bond acceptors (Lipinski definition) is 3. The van der Waals surface area contributed by atoms with E-state index < -0.39 is 0 Å². The lowest BCUT2D eigenvalue weighted by atomic mass is 9.87. The van der Waals surface area contributed by atoms with Gasteiger partial charge in [-0.15, -0.1) is 0 Å². The van der Waals surface area contributed by atoms with E-state index in [0.29, 0.717) is 12.1 Å². The highest BCUT2D eigenvalue weighted by Crippen LogP contribution is 2.30. The third-order valence-electron chi connectivity index (χ3n) is 3.93. The van der Waals surface area contributed by atoms with E-state index in [1.807, 2.05) is 0 Å². The summed E-state index contributed by atoms with van der Waals surface area (Å²) in [6, 6.07) is 9.69. The SMILES string of the molecule is COCC(CCCN)NC1CCCc2ccccc21. The molecule has 0 fully saturated rings. The van der Waals surface area contributed by atoms with Crippen LogP contribution in [0, 0.1) is 0 Å². The summed E-state index contributed by atoms with van der Waals surface area (Å²) in [7, 11) is 1.77. The molecule has 2 rings (SSSR count). The van der Waals surface area contributed by atoms with E-state index >= 15 is 0 Å². The molecule has 19 heavy (non-hydrogen) atoms. The molecule has 0 saturated heterocycles. The van der Waals surface area contributed by atoms with Gasteiger partial charge in [0.25, 0.3) is 0 Å². The van der Waals surface area contributed by atoms with Crippen LogP contribution in [0.4, 0.5) is 0 Å². The molecule has 1 aromatic carbocycles. The second-order valence-corrected chi connectivity index (χ2v) is 5.39. The topological polar surface area (TPSA) is 47.3 Å². The van der Waals surface area contributed by atoms with E-state index in [9.17, 15) is 0 Å². The average Bonchev–Trinajstić information content (AvgIpc) is 2.45. The maximum atomic E-state index is 5.61. The fraction of sp³-hybridized carbons (Fsp3) is 0.625. The van der Waals surface area contributed by atoms with E-state index in [4.69, 9.17) is 10.5 Å². The molecule has 1 aromatic rings. The van der Waals surface area contributed by atoms with Gasteiger partial charge in [0.15, 0.2) is 0 Å². The molecule has 3 nitrogen and oxygen atoms in total. The lowest BCUT2D eigenvalue weighted by molar-refractivity contribution is 0.153. The predicted molar refractivity (Wildman–Crippen MR) is 79.2 cm³/mol. The minimum Gasteiger partial charge on any atom is -0.383 e. The normalized spacial score (nSPS) is 20.0. The van der Waals surface area contributed by atoms with Crippen LogP contribution in [0.5, 0.6) is 0 Å². The number of hydrogen-bond donors (Lipinski definition) is 2. The second-order valence-electron chi connectivity index (χ2n) is 5.39. The van der Waals surface area contributed by atoms with Crippen LogP contribution in [0.2, 0.25) is 0 Å². The molecule has 106 valence electrons. The van der Waals surface area contributed by atoms with Crippen LogP contribution >= 0.6 is 0 Å². The minimum absolute atomic E-state index is 0.407. The molecule has 0 aromatic heterocycles. The number of rotatable bonds is 7. The maximum Gasteiger partial charge on any atom is 0.0616 e. The van der Waals surface area contributed by atoms with Crippen molar-refractivity contribution < 1.29 is 4.74 Å². The summed E-state index contributed by atoms with van der Waals surface area (Å²) in [4.78, 5) is 0. The molecule has 3 heteroatoms. The lowest BCUT2D eigenvalue weighted by Gasteiger charge is -2.30. The maximum absolute atomic E-state index is 5.61. The van der Waals surface area contributed by atoms with Crippen molar-refractivity contribution in [3.05, 3.63) is 35.4 Å². The van der Waals surface area contributed by atoms with Crippen LogP contribution in [-0.4, -0.2) is 26.3 Å². The molecule has 0 radical (unpaired) electrons. The van der Waals surface area contributed by atoms with Gasteiger partial charge in [0.1, 0.15) is 0 Å². The molecular weight excluding hydrogens is 236 g/mol. The first-order valence-corrected chi connectivity index (χ1v) is 7.38. The highest BCUT2D eigenvalue weighted by atomic mass is 16.5. The Hall–Kier alpha value is -0.900. The lowest BCUT2D eigenvalue weighted by Crippen LogP contribution is -2.38.